The summed E-state index contributed by atoms with van der Waals surface area (Å²) in [5.41, 5.74) is 2.11. The number of nitrogens with zero attached hydrogens (tertiary/aromatic N) is 4. The molecule has 9 heteroatoms. The molecular formula is C20H20FN5O3. The number of fused-ring (bicyclic) bond motifs is 1. The van der Waals surface area contributed by atoms with Gasteiger partial charge in [0.2, 0.25) is 5.88 Å². The van der Waals surface area contributed by atoms with Crippen LogP contribution in [-0.2, 0) is 0 Å². The average molecular weight is 397 g/mol. The summed E-state index contributed by atoms with van der Waals surface area (Å²) in [7, 11) is 1.37. The smallest absolute Gasteiger partial charge is 0.257 e. The SMILES string of the molecule is COc1ncc(-c2cc(NC[C@@H](C)c3ccnc4c3OCCO4)ncn2)cc1F. The summed E-state index contributed by atoms with van der Waals surface area (Å²) in [6.45, 7) is 3.69. The Bertz CT molecular complexity index is 1020. The van der Waals surface area contributed by atoms with Crippen molar-refractivity contribution < 1.29 is 18.6 Å². The summed E-state index contributed by atoms with van der Waals surface area (Å²) in [6.07, 6.45) is 4.65. The lowest BCUT2D eigenvalue weighted by Crippen LogP contribution is -2.19. The summed E-state index contributed by atoms with van der Waals surface area (Å²) in [6, 6.07) is 5.01. The normalized spacial score (nSPS) is 13.6. The number of aromatic nitrogens is 4. The molecule has 8 nitrogen and oxygen atoms in total. The quantitative estimate of drug-likeness (QED) is 0.679. The van der Waals surface area contributed by atoms with Gasteiger partial charge in [0.05, 0.1) is 12.8 Å². The molecule has 0 aliphatic carbocycles. The average Bonchev–Trinajstić information content (AvgIpc) is 2.77. The molecule has 4 rings (SSSR count). The molecule has 0 bridgehead atoms. The first-order valence-corrected chi connectivity index (χ1v) is 9.16. The molecular weight excluding hydrogens is 377 g/mol. The molecule has 0 fully saturated rings. The first-order chi connectivity index (χ1) is 14.2. The van der Waals surface area contributed by atoms with Gasteiger partial charge < -0.3 is 19.5 Å². The van der Waals surface area contributed by atoms with Crippen LogP contribution in [0.5, 0.6) is 17.5 Å². The first kappa shape index (κ1) is 18.9. The van der Waals surface area contributed by atoms with Gasteiger partial charge in [-0.1, -0.05) is 6.92 Å². The van der Waals surface area contributed by atoms with E-state index < -0.39 is 5.82 Å². The summed E-state index contributed by atoms with van der Waals surface area (Å²) in [5.74, 6) is 1.36. The van der Waals surface area contributed by atoms with Crippen molar-refractivity contribution in [2.45, 2.75) is 12.8 Å². The van der Waals surface area contributed by atoms with E-state index in [1.807, 2.05) is 6.07 Å². The fraction of sp³-hybridized carbons (Fsp3) is 0.300. The third kappa shape index (κ3) is 4.03. The Hall–Kier alpha value is -3.49. The van der Waals surface area contributed by atoms with Crippen LogP contribution in [0.2, 0.25) is 0 Å². The second-order valence-corrected chi connectivity index (χ2v) is 6.52. The predicted octanol–water partition coefficient (Wildman–Crippen LogP) is 3.07. The molecule has 150 valence electrons. The van der Waals surface area contributed by atoms with Gasteiger partial charge >= 0.3 is 0 Å². The predicted molar refractivity (Wildman–Crippen MR) is 104 cm³/mol. The van der Waals surface area contributed by atoms with Gasteiger partial charge in [0.1, 0.15) is 25.4 Å². The zero-order valence-electron chi connectivity index (χ0n) is 16.1. The third-order valence-electron chi connectivity index (χ3n) is 4.55. The van der Waals surface area contributed by atoms with Crippen LogP contribution in [0, 0.1) is 5.82 Å². The van der Waals surface area contributed by atoms with Crippen LogP contribution >= 0.6 is 0 Å². The zero-order chi connectivity index (χ0) is 20.2. The van der Waals surface area contributed by atoms with Crippen molar-refractivity contribution in [3.63, 3.8) is 0 Å². The van der Waals surface area contributed by atoms with E-state index in [1.165, 1.54) is 25.7 Å². The van der Waals surface area contributed by atoms with E-state index >= 15 is 0 Å². The fourth-order valence-electron chi connectivity index (χ4n) is 3.06. The fourth-order valence-corrected chi connectivity index (χ4v) is 3.06. The van der Waals surface area contributed by atoms with Crippen molar-refractivity contribution in [1.29, 1.82) is 0 Å². The van der Waals surface area contributed by atoms with Crippen molar-refractivity contribution >= 4 is 5.82 Å². The molecule has 1 aliphatic heterocycles. The number of ether oxygens (including phenoxy) is 3. The van der Waals surface area contributed by atoms with Gasteiger partial charge in [-0.3, -0.25) is 0 Å². The second-order valence-electron chi connectivity index (χ2n) is 6.52. The minimum Gasteiger partial charge on any atom is -0.484 e. The van der Waals surface area contributed by atoms with Crippen molar-refractivity contribution in [2.75, 3.05) is 32.2 Å². The maximum atomic E-state index is 13.9. The minimum absolute atomic E-state index is 0.0538. The Morgan fingerprint density at radius 3 is 2.86 bits per heavy atom. The highest BCUT2D eigenvalue weighted by Crippen LogP contribution is 2.35. The van der Waals surface area contributed by atoms with Gasteiger partial charge in [0, 0.05) is 42.0 Å². The molecule has 29 heavy (non-hydrogen) atoms. The van der Waals surface area contributed by atoms with Crippen LogP contribution in [0.3, 0.4) is 0 Å². The lowest BCUT2D eigenvalue weighted by molar-refractivity contribution is 0.162. The first-order valence-electron chi connectivity index (χ1n) is 9.16. The van der Waals surface area contributed by atoms with Gasteiger partial charge in [0.25, 0.3) is 5.88 Å². The van der Waals surface area contributed by atoms with Crippen molar-refractivity contribution in [3.05, 3.63) is 48.3 Å². The van der Waals surface area contributed by atoms with E-state index in [0.717, 1.165) is 5.56 Å². The Balaban J connectivity index is 1.48. The summed E-state index contributed by atoms with van der Waals surface area (Å²) < 4.78 is 30.1. The number of halogens is 1. The van der Waals surface area contributed by atoms with Crippen LogP contribution in [0.25, 0.3) is 11.3 Å². The van der Waals surface area contributed by atoms with Crippen LogP contribution in [0.1, 0.15) is 18.4 Å². The Kier molecular flexibility index (Phi) is 5.37. The van der Waals surface area contributed by atoms with E-state index in [4.69, 9.17) is 14.2 Å². The van der Waals surface area contributed by atoms with E-state index in [1.54, 1.807) is 12.3 Å². The van der Waals surface area contributed by atoms with E-state index in [0.29, 0.717) is 48.5 Å². The Labute approximate surface area is 167 Å². The molecule has 0 aromatic carbocycles. The number of hydrogen-bond acceptors (Lipinski definition) is 8. The number of anilines is 1. The minimum atomic E-state index is -0.545. The standard InChI is InChI=1S/C20H20FN5O3/c1-12(14-3-4-22-20-18(14)28-5-6-29-20)9-23-17-8-16(25-11-26-17)13-7-15(21)19(27-2)24-10-13/h3-4,7-8,10-12H,5-6,9H2,1-2H3,(H,23,25,26)/t12-/m1/s1. The number of pyridine rings is 2. The molecule has 3 aromatic rings. The van der Waals surface area contributed by atoms with Gasteiger partial charge in [-0.05, 0) is 12.1 Å². The molecule has 1 atom stereocenters. The topological polar surface area (TPSA) is 91.3 Å². The number of rotatable bonds is 6. The summed E-state index contributed by atoms with van der Waals surface area (Å²) in [4.78, 5) is 16.6. The van der Waals surface area contributed by atoms with Crippen LogP contribution in [-0.4, -0.2) is 46.8 Å². The lowest BCUT2D eigenvalue weighted by atomic mass is 10.0. The van der Waals surface area contributed by atoms with Crippen LogP contribution in [0.15, 0.2) is 36.9 Å². The van der Waals surface area contributed by atoms with E-state index in [2.05, 4.69) is 32.2 Å². The molecule has 1 N–H and O–H groups in total. The molecule has 0 radical (unpaired) electrons. The van der Waals surface area contributed by atoms with Crippen molar-refractivity contribution in [1.82, 2.24) is 19.9 Å². The number of methoxy groups -OCH3 is 1. The summed E-state index contributed by atoms with van der Waals surface area (Å²) >= 11 is 0. The van der Waals surface area contributed by atoms with Gasteiger partial charge in [-0.2, -0.15) is 0 Å². The molecule has 3 aromatic heterocycles. The number of hydrogen-bond donors (Lipinski definition) is 1. The van der Waals surface area contributed by atoms with E-state index in [-0.39, 0.29) is 11.8 Å². The van der Waals surface area contributed by atoms with Gasteiger partial charge in [0.15, 0.2) is 11.6 Å². The van der Waals surface area contributed by atoms with Gasteiger partial charge in [-0.25, -0.2) is 24.3 Å². The highest BCUT2D eigenvalue weighted by molar-refractivity contribution is 5.61. The molecule has 0 spiro atoms. The maximum absolute atomic E-state index is 13.9. The Morgan fingerprint density at radius 2 is 2.03 bits per heavy atom. The maximum Gasteiger partial charge on any atom is 0.257 e. The van der Waals surface area contributed by atoms with Crippen molar-refractivity contribution in [2.24, 2.45) is 0 Å². The molecule has 0 saturated heterocycles. The molecule has 0 saturated carbocycles. The van der Waals surface area contributed by atoms with Crippen LogP contribution < -0.4 is 19.5 Å². The lowest BCUT2D eigenvalue weighted by Gasteiger charge is -2.22. The second kappa shape index (κ2) is 8.26. The third-order valence-corrected chi connectivity index (χ3v) is 4.55. The Morgan fingerprint density at radius 1 is 1.17 bits per heavy atom. The van der Waals surface area contributed by atoms with Crippen molar-refractivity contribution in [3.8, 4) is 28.8 Å². The number of nitrogens with one attached hydrogen (secondary N) is 1. The summed E-state index contributed by atoms with van der Waals surface area (Å²) in [5, 5.41) is 3.29. The molecule has 1 aliphatic rings. The van der Waals surface area contributed by atoms with Crippen LogP contribution in [0.4, 0.5) is 10.2 Å². The largest absolute Gasteiger partial charge is 0.484 e. The van der Waals surface area contributed by atoms with E-state index in [9.17, 15) is 4.39 Å². The monoisotopic (exact) mass is 397 g/mol. The molecule has 0 unspecified atom stereocenters. The zero-order valence-corrected chi connectivity index (χ0v) is 16.1. The highest BCUT2D eigenvalue weighted by atomic mass is 19.1. The van der Waals surface area contributed by atoms with Gasteiger partial charge in [-0.15, -0.1) is 0 Å². The molecule has 0 amide bonds. The molecule has 4 heterocycles. The highest BCUT2D eigenvalue weighted by Gasteiger charge is 2.20.